The lowest BCUT2D eigenvalue weighted by Crippen LogP contribution is -2.53. The van der Waals surface area contributed by atoms with E-state index in [1.807, 2.05) is 48.5 Å². The van der Waals surface area contributed by atoms with E-state index in [0.717, 1.165) is 11.1 Å². The second kappa shape index (κ2) is 11.7. The predicted octanol–water partition coefficient (Wildman–Crippen LogP) is 5.69. The number of amides is 4. The highest BCUT2D eigenvalue weighted by Gasteiger charge is 2.70. The summed E-state index contributed by atoms with van der Waals surface area (Å²) in [7, 11) is 0. The summed E-state index contributed by atoms with van der Waals surface area (Å²) < 4.78 is 0. The van der Waals surface area contributed by atoms with Crippen molar-refractivity contribution in [3.63, 3.8) is 0 Å². The largest absolute Gasteiger partial charge is 0.507 e. The average Bonchev–Trinajstić information content (AvgIpc) is 3.44. The van der Waals surface area contributed by atoms with Gasteiger partial charge in [-0.25, -0.2) is 4.90 Å². The third-order valence-electron chi connectivity index (χ3n) is 10.9. The number of halogens is 1. The van der Waals surface area contributed by atoms with Crippen molar-refractivity contribution in [2.75, 3.05) is 11.4 Å². The van der Waals surface area contributed by atoms with Crippen LogP contribution in [0.4, 0.5) is 5.69 Å². The number of aliphatic carboxylic acids is 1. The van der Waals surface area contributed by atoms with Crippen molar-refractivity contribution in [1.29, 1.82) is 0 Å². The summed E-state index contributed by atoms with van der Waals surface area (Å²) in [6.45, 7) is 3.59. The number of aryl methyl sites for hydroxylation is 2. The molecule has 2 N–H and O–H groups in total. The van der Waals surface area contributed by atoms with Crippen LogP contribution >= 0.6 is 11.6 Å². The first-order chi connectivity index (χ1) is 23.0. The smallest absolute Gasteiger partial charge is 0.303 e. The van der Waals surface area contributed by atoms with Gasteiger partial charge in [0.05, 0.1) is 28.9 Å². The molecule has 2 heterocycles. The molecular formula is C38H35ClN2O7. The Hall–Kier alpha value is -4.76. The van der Waals surface area contributed by atoms with E-state index in [0.29, 0.717) is 27.4 Å². The molecule has 7 rings (SSSR count). The Balaban J connectivity index is 1.45. The molecule has 3 aromatic carbocycles. The van der Waals surface area contributed by atoms with E-state index in [9.17, 15) is 24.3 Å². The van der Waals surface area contributed by atoms with E-state index in [-0.39, 0.29) is 49.8 Å². The summed E-state index contributed by atoms with van der Waals surface area (Å²) in [5.41, 5.74) is 2.39. The molecule has 4 aliphatic rings. The van der Waals surface area contributed by atoms with Gasteiger partial charge < -0.3 is 10.2 Å². The fourth-order valence-electron chi connectivity index (χ4n) is 8.95. The van der Waals surface area contributed by atoms with Gasteiger partial charge in [0.15, 0.2) is 0 Å². The molecule has 0 bridgehead atoms. The van der Waals surface area contributed by atoms with Crippen molar-refractivity contribution in [3.05, 3.63) is 106 Å². The Bertz CT molecular complexity index is 1900. The van der Waals surface area contributed by atoms with Gasteiger partial charge >= 0.3 is 5.97 Å². The van der Waals surface area contributed by atoms with Crippen LogP contribution in [0.2, 0.25) is 5.02 Å². The molecule has 3 aromatic rings. The Labute approximate surface area is 282 Å². The summed E-state index contributed by atoms with van der Waals surface area (Å²) in [5, 5.41) is 20.3. The summed E-state index contributed by atoms with van der Waals surface area (Å²) >= 11 is 6.37. The molecule has 0 radical (unpaired) electrons. The topological polar surface area (TPSA) is 132 Å². The molecule has 0 spiro atoms. The van der Waals surface area contributed by atoms with Gasteiger partial charge in [0.1, 0.15) is 5.75 Å². The molecule has 0 aromatic heterocycles. The standard InChI is InChI=1S/C38H35ClN2O7/c1-20-16-22(17-21(2)33(20)44)32-26-13-14-27-31(36(47)40(34(27)45)15-7-12-30(42)43)28(26)19-29-35(46)41(25-11-6-10-24(39)18-25)37(48)38(29,32)23-8-4-3-5-9-23/h3-6,8-11,13,16-18,27-29,31-32,44H,7,12,14-15,19H2,1-2H3,(H,42,43)/t27-,28+,29-,31-,32-,38+/m0/s1. The summed E-state index contributed by atoms with van der Waals surface area (Å²) in [4.78, 5) is 71.4. The lowest BCUT2D eigenvalue weighted by molar-refractivity contribution is -0.142. The number of allylic oxidation sites excluding steroid dienone is 2. The summed E-state index contributed by atoms with van der Waals surface area (Å²) in [6, 6.07) is 19.6. The lowest BCUT2D eigenvalue weighted by Gasteiger charge is -2.51. The van der Waals surface area contributed by atoms with Crippen molar-refractivity contribution in [2.24, 2.45) is 23.7 Å². The quantitative estimate of drug-likeness (QED) is 0.245. The average molecular weight is 667 g/mol. The first-order valence-electron chi connectivity index (χ1n) is 16.2. The van der Waals surface area contributed by atoms with Gasteiger partial charge in [-0.15, -0.1) is 0 Å². The monoisotopic (exact) mass is 666 g/mol. The summed E-state index contributed by atoms with van der Waals surface area (Å²) in [6.07, 6.45) is 2.41. The number of phenols is 1. The highest BCUT2D eigenvalue weighted by molar-refractivity contribution is 6.32. The number of hydrogen-bond donors (Lipinski definition) is 2. The van der Waals surface area contributed by atoms with E-state index < -0.39 is 52.8 Å². The molecule has 6 atom stereocenters. The Kier molecular flexibility index (Phi) is 7.78. The summed E-state index contributed by atoms with van der Waals surface area (Å²) in [5.74, 6) is -5.87. The van der Waals surface area contributed by atoms with Crippen LogP contribution in [0, 0.1) is 37.5 Å². The van der Waals surface area contributed by atoms with Crippen molar-refractivity contribution < 1.29 is 34.2 Å². The number of imide groups is 2. The van der Waals surface area contributed by atoms with Gasteiger partial charge in [-0.3, -0.25) is 28.9 Å². The number of nitrogens with zero attached hydrogens (tertiary/aromatic N) is 2. The number of fused-ring (bicyclic) bond motifs is 4. The number of carboxylic acids is 1. The van der Waals surface area contributed by atoms with Gasteiger partial charge in [0.2, 0.25) is 23.6 Å². The molecule has 2 aliphatic carbocycles. The fraction of sp³-hybridized carbons (Fsp3) is 0.342. The Morgan fingerprint density at radius 2 is 1.62 bits per heavy atom. The van der Waals surface area contributed by atoms with E-state index in [2.05, 4.69) is 0 Å². The van der Waals surface area contributed by atoms with E-state index in [1.54, 1.807) is 38.1 Å². The van der Waals surface area contributed by atoms with Crippen molar-refractivity contribution in [2.45, 2.75) is 50.9 Å². The number of phenolic OH excluding ortho intramolecular Hbond substituents is 1. The SMILES string of the molecule is Cc1cc([C@H]2C3=CC[C@@H]4C(=O)N(CCCC(=O)O)C(=O)[C@@H]4[C@@H]3C[C@H]3C(=O)N(c4cccc(Cl)c4)C(=O)[C@@]23c2ccccc2)cc(C)c1O. The minimum Gasteiger partial charge on any atom is -0.507 e. The highest BCUT2D eigenvalue weighted by Crippen LogP contribution is 2.64. The second-order valence-electron chi connectivity index (χ2n) is 13.4. The van der Waals surface area contributed by atoms with E-state index in [4.69, 9.17) is 16.7 Å². The van der Waals surface area contributed by atoms with Crippen molar-refractivity contribution in [1.82, 2.24) is 4.90 Å². The molecule has 1 saturated carbocycles. The third kappa shape index (κ3) is 4.62. The number of hydrogen-bond acceptors (Lipinski definition) is 6. The fourth-order valence-corrected chi connectivity index (χ4v) is 9.13. The van der Waals surface area contributed by atoms with Gasteiger partial charge in [-0.05, 0) is 79.5 Å². The molecule has 4 amide bonds. The number of carbonyl (C=O) groups is 5. The molecule has 2 saturated heterocycles. The Morgan fingerprint density at radius 3 is 2.29 bits per heavy atom. The highest BCUT2D eigenvalue weighted by atomic mass is 35.5. The molecule has 48 heavy (non-hydrogen) atoms. The number of carbonyl (C=O) groups excluding carboxylic acids is 4. The Morgan fingerprint density at radius 1 is 0.917 bits per heavy atom. The molecular weight excluding hydrogens is 632 g/mol. The van der Waals surface area contributed by atoms with Crippen LogP contribution in [0.25, 0.3) is 0 Å². The molecule has 246 valence electrons. The van der Waals surface area contributed by atoms with Gasteiger partial charge in [-0.1, -0.05) is 71.8 Å². The van der Waals surface area contributed by atoms with Crippen molar-refractivity contribution >= 4 is 46.9 Å². The molecule has 9 nitrogen and oxygen atoms in total. The normalized spacial score (nSPS) is 27.9. The zero-order valence-corrected chi connectivity index (χ0v) is 27.3. The number of anilines is 1. The number of carboxylic acid groups (broad SMARTS) is 1. The second-order valence-corrected chi connectivity index (χ2v) is 13.9. The molecule has 10 heteroatoms. The van der Waals surface area contributed by atoms with E-state index >= 15 is 4.79 Å². The third-order valence-corrected chi connectivity index (χ3v) is 11.1. The lowest BCUT2D eigenvalue weighted by atomic mass is 9.49. The first-order valence-corrected chi connectivity index (χ1v) is 16.6. The molecule has 2 aliphatic heterocycles. The van der Waals surface area contributed by atoms with Crippen molar-refractivity contribution in [3.8, 4) is 5.75 Å². The maximum atomic E-state index is 15.3. The molecule has 3 fully saturated rings. The van der Waals surface area contributed by atoms with Gasteiger partial charge in [0, 0.05) is 23.9 Å². The number of likely N-dealkylation sites (tertiary alicyclic amines) is 1. The van der Waals surface area contributed by atoms with Crippen LogP contribution < -0.4 is 4.90 Å². The minimum atomic E-state index is -1.40. The first kappa shape index (κ1) is 31.8. The van der Waals surface area contributed by atoms with Crippen LogP contribution in [-0.2, 0) is 29.4 Å². The van der Waals surface area contributed by atoms with E-state index in [1.165, 1.54) is 9.80 Å². The number of rotatable bonds is 7. The predicted molar refractivity (Wildman–Crippen MR) is 177 cm³/mol. The number of benzene rings is 3. The molecule has 0 unspecified atom stereocenters. The van der Waals surface area contributed by atoms with Gasteiger partial charge in [0.25, 0.3) is 0 Å². The number of aromatic hydroxyl groups is 1. The maximum Gasteiger partial charge on any atom is 0.303 e. The van der Waals surface area contributed by atoms with Crippen LogP contribution in [-0.4, -0.2) is 51.3 Å². The van der Waals surface area contributed by atoms with Crippen LogP contribution in [0.15, 0.2) is 78.4 Å². The van der Waals surface area contributed by atoms with Gasteiger partial charge in [-0.2, -0.15) is 0 Å². The zero-order chi connectivity index (χ0) is 34.1. The van der Waals surface area contributed by atoms with Crippen LogP contribution in [0.5, 0.6) is 5.75 Å². The van der Waals surface area contributed by atoms with Crippen LogP contribution in [0.1, 0.15) is 53.9 Å². The minimum absolute atomic E-state index is 0.0101. The van der Waals surface area contributed by atoms with Crippen LogP contribution in [0.3, 0.4) is 0 Å². The maximum absolute atomic E-state index is 15.3. The zero-order valence-electron chi connectivity index (χ0n) is 26.6.